The first-order valence-corrected chi connectivity index (χ1v) is 8.45. The topological polar surface area (TPSA) is 99.0 Å². The van der Waals surface area contributed by atoms with Crippen LogP contribution in [-0.2, 0) is 20.7 Å². The van der Waals surface area contributed by atoms with E-state index in [1.807, 2.05) is 29.7 Å². The Labute approximate surface area is 161 Å². The van der Waals surface area contributed by atoms with E-state index in [0.717, 1.165) is 11.2 Å². The Morgan fingerprint density at radius 2 is 1.68 bits per heavy atom. The largest absolute Gasteiger partial charge is 0.465 e. The molecule has 0 saturated heterocycles. The van der Waals surface area contributed by atoms with E-state index in [1.54, 1.807) is 6.20 Å². The van der Waals surface area contributed by atoms with Crippen LogP contribution in [0.2, 0.25) is 0 Å². The molecule has 1 N–H and O–H groups in total. The van der Waals surface area contributed by atoms with Gasteiger partial charge in [-0.1, -0.05) is 0 Å². The third-order valence-corrected chi connectivity index (χ3v) is 4.07. The second kappa shape index (κ2) is 7.91. The van der Waals surface area contributed by atoms with E-state index in [1.165, 1.54) is 32.4 Å². The first-order valence-electron chi connectivity index (χ1n) is 8.45. The molecule has 0 aliphatic carbocycles. The number of carbonyl (C=O) groups excluding carboxylic acids is 3. The summed E-state index contributed by atoms with van der Waals surface area (Å²) in [4.78, 5) is 40.5. The maximum Gasteiger partial charge on any atom is 0.337 e. The Morgan fingerprint density at radius 1 is 1.04 bits per heavy atom. The summed E-state index contributed by atoms with van der Waals surface area (Å²) in [6, 6.07) is 8.08. The predicted octanol–water partition coefficient (Wildman–Crippen LogP) is 2.40. The van der Waals surface area contributed by atoms with Gasteiger partial charge in [0, 0.05) is 18.1 Å². The van der Waals surface area contributed by atoms with Crippen molar-refractivity contribution in [2.24, 2.45) is 0 Å². The van der Waals surface area contributed by atoms with E-state index in [-0.39, 0.29) is 29.1 Å². The SMILES string of the molecule is COC(=O)c1cc(NC(=O)Cc2cn3ccc(C)cc3n2)cc(C(=O)OC)c1. The van der Waals surface area contributed by atoms with Crippen molar-refractivity contribution in [3.63, 3.8) is 0 Å². The molecule has 8 heteroatoms. The fourth-order valence-corrected chi connectivity index (χ4v) is 2.76. The van der Waals surface area contributed by atoms with Crippen molar-refractivity contribution in [2.75, 3.05) is 19.5 Å². The maximum absolute atomic E-state index is 12.4. The molecule has 3 aromatic rings. The van der Waals surface area contributed by atoms with E-state index in [9.17, 15) is 14.4 Å². The summed E-state index contributed by atoms with van der Waals surface area (Å²) < 4.78 is 11.2. The lowest BCUT2D eigenvalue weighted by atomic mass is 10.1. The molecule has 0 saturated carbocycles. The summed E-state index contributed by atoms with van der Waals surface area (Å²) in [5.41, 5.74) is 2.97. The number of anilines is 1. The number of imidazole rings is 1. The number of nitrogens with one attached hydrogen (secondary N) is 1. The Balaban J connectivity index is 1.81. The van der Waals surface area contributed by atoms with Gasteiger partial charge in [0.15, 0.2) is 0 Å². The van der Waals surface area contributed by atoms with Gasteiger partial charge in [-0.25, -0.2) is 14.6 Å². The molecule has 0 aliphatic rings. The molecule has 1 amide bonds. The number of nitrogens with zero attached hydrogens (tertiary/aromatic N) is 2. The highest BCUT2D eigenvalue weighted by molar-refractivity contribution is 5.99. The standard InChI is InChI=1S/C20H19N3O5/c1-12-4-5-23-11-16(21-17(23)6-12)10-18(24)22-15-8-13(19(25)27-2)7-14(9-15)20(26)28-3/h4-9,11H,10H2,1-3H3,(H,22,24). The number of benzene rings is 1. The molecule has 0 bridgehead atoms. The number of carbonyl (C=O) groups is 3. The van der Waals surface area contributed by atoms with Crippen LogP contribution in [0.15, 0.2) is 42.7 Å². The van der Waals surface area contributed by atoms with Gasteiger partial charge in [0.2, 0.25) is 5.91 Å². The highest BCUT2D eigenvalue weighted by atomic mass is 16.5. The van der Waals surface area contributed by atoms with Gasteiger partial charge in [-0.3, -0.25) is 4.79 Å². The van der Waals surface area contributed by atoms with Crippen molar-refractivity contribution in [1.82, 2.24) is 9.38 Å². The number of amides is 1. The lowest BCUT2D eigenvalue weighted by Gasteiger charge is -2.09. The zero-order valence-corrected chi connectivity index (χ0v) is 15.7. The van der Waals surface area contributed by atoms with Crippen LogP contribution in [0.4, 0.5) is 5.69 Å². The van der Waals surface area contributed by atoms with Crippen LogP contribution in [-0.4, -0.2) is 41.5 Å². The van der Waals surface area contributed by atoms with Crippen molar-refractivity contribution in [1.29, 1.82) is 0 Å². The fraction of sp³-hybridized carbons (Fsp3) is 0.200. The molecule has 2 heterocycles. The molecular weight excluding hydrogens is 362 g/mol. The van der Waals surface area contributed by atoms with Crippen LogP contribution in [0.25, 0.3) is 5.65 Å². The number of aromatic nitrogens is 2. The summed E-state index contributed by atoms with van der Waals surface area (Å²) in [6.45, 7) is 1.97. The number of esters is 2. The van der Waals surface area contributed by atoms with Gasteiger partial charge in [0.05, 0.1) is 37.5 Å². The normalized spacial score (nSPS) is 10.5. The third kappa shape index (κ3) is 4.17. The highest BCUT2D eigenvalue weighted by Crippen LogP contribution is 2.18. The van der Waals surface area contributed by atoms with Crippen LogP contribution in [0, 0.1) is 6.92 Å². The summed E-state index contributed by atoms with van der Waals surface area (Å²) in [6.07, 6.45) is 3.69. The lowest BCUT2D eigenvalue weighted by molar-refractivity contribution is -0.115. The fourth-order valence-electron chi connectivity index (χ4n) is 2.76. The number of fused-ring (bicyclic) bond motifs is 1. The van der Waals surface area contributed by atoms with E-state index in [2.05, 4.69) is 19.8 Å². The van der Waals surface area contributed by atoms with E-state index in [4.69, 9.17) is 0 Å². The van der Waals surface area contributed by atoms with Gasteiger partial charge in [-0.2, -0.15) is 0 Å². The molecule has 0 radical (unpaired) electrons. The second-order valence-corrected chi connectivity index (χ2v) is 6.21. The zero-order chi connectivity index (χ0) is 20.3. The highest BCUT2D eigenvalue weighted by Gasteiger charge is 2.15. The molecule has 0 atom stereocenters. The summed E-state index contributed by atoms with van der Waals surface area (Å²) in [5, 5.41) is 2.68. The summed E-state index contributed by atoms with van der Waals surface area (Å²) >= 11 is 0. The average Bonchev–Trinajstić information content (AvgIpc) is 3.07. The molecule has 3 rings (SSSR count). The van der Waals surface area contributed by atoms with Gasteiger partial charge in [0.25, 0.3) is 0 Å². The molecule has 0 aliphatic heterocycles. The van der Waals surface area contributed by atoms with Crippen molar-refractivity contribution in [3.05, 3.63) is 65.1 Å². The predicted molar refractivity (Wildman–Crippen MR) is 101 cm³/mol. The Morgan fingerprint density at radius 3 is 2.29 bits per heavy atom. The van der Waals surface area contributed by atoms with Crippen molar-refractivity contribution < 1.29 is 23.9 Å². The number of hydrogen-bond donors (Lipinski definition) is 1. The van der Waals surface area contributed by atoms with Crippen molar-refractivity contribution in [3.8, 4) is 0 Å². The molecule has 28 heavy (non-hydrogen) atoms. The van der Waals surface area contributed by atoms with E-state index in [0.29, 0.717) is 5.69 Å². The second-order valence-electron chi connectivity index (χ2n) is 6.21. The zero-order valence-electron chi connectivity index (χ0n) is 15.7. The number of hydrogen-bond acceptors (Lipinski definition) is 6. The van der Waals surface area contributed by atoms with Crippen molar-refractivity contribution >= 4 is 29.2 Å². The minimum absolute atomic E-state index is 0.0384. The van der Waals surface area contributed by atoms with E-state index >= 15 is 0 Å². The molecule has 2 aromatic heterocycles. The number of aryl methyl sites for hydroxylation is 1. The molecule has 0 unspecified atom stereocenters. The first kappa shape index (κ1) is 19.1. The summed E-state index contributed by atoms with van der Waals surface area (Å²) in [5.74, 6) is -1.59. The average molecular weight is 381 g/mol. The van der Waals surface area contributed by atoms with Crippen LogP contribution >= 0.6 is 0 Å². The molecular formula is C20H19N3O5. The Hall–Kier alpha value is -3.68. The van der Waals surface area contributed by atoms with Crippen LogP contribution in [0.1, 0.15) is 32.0 Å². The maximum atomic E-state index is 12.4. The Kier molecular flexibility index (Phi) is 5.39. The number of ether oxygens (including phenoxy) is 2. The molecule has 8 nitrogen and oxygen atoms in total. The smallest absolute Gasteiger partial charge is 0.337 e. The van der Waals surface area contributed by atoms with Gasteiger partial charge in [-0.05, 0) is 42.8 Å². The minimum atomic E-state index is -0.628. The van der Waals surface area contributed by atoms with Gasteiger partial charge < -0.3 is 19.2 Å². The minimum Gasteiger partial charge on any atom is -0.465 e. The lowest BCUT2D eigenvalue weighted by Crippen LogP contribution is -2.16. The Bertz CT molecular complexity index is 1040. The quantitative estimate of drug-likeness (QED) is 0.682. The van der Waals surface area contributed by atoms with Crippen LogP contribution < -0.4 is 5.32 Å². The number of pyridine rings is 1. The summed E-state index contributed by atoms with van der Waals surface area (Å²) in [7, 11) is 2.47. The number of methoxy groups -OCH3 is 2. The third-order valence-electron chi connectivity index (χ3n) is 4.07. The number of rotatable bonds is 5. The van der Waals surface area contributed by atoms with Crippen LogP contribution in [0.3, 0.4) is 0 Å². The molecule has 0 fully saturated rings. The van der Waals surface area contributed by atoms with Gasteiger partial charge in [-0.15, -0.1) is 0 Å². The molecule has 0 spiro atoms. The monoisotopic (exact) mass is 381 g/mol. The van der Waals surface area contributed by atoms with Gasteiger partial charge >= 0.3 is 11.9 Å². The van der Waals surface area contributed by atoms with E-state index < -0.39 is 11.9 Å². The van der Waals surface area contributed by atoms with Crippen molar-refractivity contribution in [2.45, 2.75) is 13.3 Å². The van der Waals surface area contributed by atoms with Gasteiger partial charge in [0.1, 0.15) is 5.65 Å². The van der Waals surface area contributed by atoms with Crippen LogP contribution in [0.5, 0.6) is 0 Å². The molecule has 1 aromatic carbocycles. The molecule has 144 valence electrons. The first-order chi connectivity index (χ1) is 13.4.